The Morgan fingerprint density at radius 2 is 1.90 bits per heavy atom. The molecule has 2 aromatic carbocycles. The van der Waals surface area contributed by atoms with Gasteiger partial charge in [-0.25, -0.2) is 8.78 Å². The van der Waals surface area contributed by atoms with Crippen LogP contribution in [0, 0.1) is 5.82 Å². The molecule has 0 aliphatic carbocycles. The summed E-state index contributed by atoms with van der Waals surface area (Å²) in [7, 11) is 1.36. The number of carbonyl (C=O) groups is 1. The van der Waals surface area contributed by atoms with Gasteiger partial charge in [-0.05, 0) is 35.4 Å². The molecule has 0 aliphatic rings. The molecule has 0 atom stereocenters. The van der Waals surface area contributed by atoms with Crippen molar-refractivity contribution in [3.05, 3.63) is 71.0 Å². The lowest BCUT2D eigenvalue weighted by molar-refractivity contribution is 0.104. The molecule has 2 aromatic rings. The second-order valence-electron chi connectivity index (χ2n) is 4.42. The van der Waals surface area contributed by atoms with Crippen molar-refractivity contribution >= 4 is 11.9 Å². The fourth-order valence-electron chi connectivity index (χ4n) is 1.81. The zero-order valence-electron chi connectivity index (χ0n) is 11.5. The largest absolute Gasteiger partial charge is 0.494 e. The first-order valence-corrected chi connectivity index (χ1v) is 6.35. The van der Waals surface area contributed by atoms with Crippen LogP contribution >= 0.6 is 0 Å². The summed E-state index contributed by atoms with van der Waals surface area (Å²) in [6.07, 6.45) is 2.96. The predicted molar refractivity (Wildman–Crippen MR) is 77.6 cm³/mol. The standard InChI is InChI=1S/C17H14F2O2/c1-21-17-9-7-14(10-15(17)19)16(20)8-6-12-2-4-13(11-18)5-3-12/h2-10H,11H2,1H3/b8-6+. The van der Waals surface area contributed by atoms with E-state index in [4.69, 9.17) is 4.74 Å². The molecule has 0 aromatic heterocycles. The van der Waals surface area contributed by atoms with E-state index < -0.39 is 12.5 Å². The van der Waals surface area contributed by atoms with Crippen LogP contribution in [0.25, 0.3) is 6.08 Å². The van der Waals surface area contributed by atoms with Crippen molar-refractivity contribution in [3.63, 3.8) is 0 Å². The van der Waals surface area contributed by atoms with Crippen molar-refractivity contribution in [1.82, 2.24) is 0 Å². The molecule has 108 valence electrons. The molecule has 0 saturated carbocycles. The zero-order chi connectivity index (χ0) is 15.2. The topological polar surface area (TPSA) is 26.3 Å². The number of alkyl halides is 1. The molecule has 0 fully saturated rings. The first-order chi connectivity index (χ1) is 10.1. The Bertz CT molecular complexity index is 661. The van der Waals surface area contributed by atoms with Gasteiger partial charge in [0.05, 0.1) is 7.11 Å². The fraction of sp³-hybridized carbons (Fsp3) is 0.118. The summed E-state index contributed by atoms with van der Waals surface area (Å²) in [6, 6.07) is 10.8. The van der Waals surface area contributed by atoms with Crippen molar-refractivity contribution in [1.29, 1.82) is 0 Å². The number of allylic oxidation sites excluding steroid dienone is 1. The highest BCUT2D eigenvalue weighted by Crippen LogP contribution is 2.18. The maximum atomic E-state index is 13.5. The average Bonchev–Trinajstić information content (AvgIpc) is 2.53. The van der Waals surface area contributed by atoms with Crippen LogP contribution in [0.5, 0.6) is 5.75 Å². The van der Waals surface area contributed by atoms with Crippen LogP contribution in [0.1, 0.15) is 21.5 Å². The van der Waals surface area contributed by atoms with E-state index in [2.05, 4.69) is 0 Å². The quantitative estimate of drug-likeness (QED) is 0.609. The molecule has 2 nitrogen and oxygen atoms in total. The lowest BCUT2D eigenvalue weighted by Gasteiger charge is -2.02. The Labute approximate surface area is 121 Å². The Kier molecular flexibility index (Phi) is 4.82. The maximum absolute atomic E-state index is 13.5. The Morgan fingerprint density at radius 1 is 1.19 bits per heavy atom. The van der Waals surface area contributed by atoms with Gasteiger partial charge < -0.3 is 4.74 Å². The molecule has 2 rings (SSSR count). The van der Waals surface area contributed by atoms with E-state index in [9.17, 15) is 13.6 Å². The van der Waals surface area contributed by atoms with E-state index in [1.807, 2.05) is 0 Å². The third-order valence-corrected chi connectivity index (χ3v) is 3.00. The maximum Gasteiger partial charge on any atom is 0.185 e. The second kappa shape index (κ2) is 6.79. The van der Waals surface area contributed by atoms with Gasteiger partial charge in [0.15, 0.2) is 17.3 Å². The lowest BCUT2D eigenvalue weighted by Crippen LogP contribution is -1.97. The number of hydrogen-bond donors (Lipinski definition) is 0. The van der Waals surface area contributed by atoms with Gasteiger partial charge in [0.1, 0.15) is 6.67 Å². The van der Waals surface area contributed by atoms with Crippen LogP contribution in [0.4, 0.5) is 8.78 Å². The number of ether oxygens (including phenoxy) is 1. The lowest BCUT2D eigenvalue weighted by atomic mass is 10.1. The number of methoxy groups -OCH3 is 1. The monoisotopic (exact) mass is 288 g/mol. The minimum absolute atomic E-state index is 0.0948. The van der Waals surface area contributed by atoms with E-state index in [1.165, 1.54) is 25.3 Å². The van der Waals surface area contributed by atoms with Crippen LogP contribution in [0.2, 0.25) is 0 Å². The normalized spacial score (nSPS) is 10.8. The summed E-state index contributed by atoms with van der Waals surface area (Å²) in [5.41, 5.74) is 1.59. The Balaban J connectivity index is 2.12. The molecule has 0 unspecified atom stereocenters. The van der Waals surface area contributed by atoms with Gasteiger partial charge in [-0.1, -0.05) is 30.3 Å². The summed E-state index contributed by atoms with van der Waals surface area (Å²) in [6.45, 7) is -0.520. The highest BCUT2D eigenvalue weighted by Gasteiger charge is 2.07. The summed E-state index contributed by atoms with van der Waals surface area (Å²) in [5.74, 6) is -0.799. The predicted octanol–water partition coefficient (Wildman–Crippen LogP) is 4.20. The van der Waals surface area contributed by atoms with Gasteiger partial charge in [-0.2, -0.15) is 0 Å². The molecule has 0 N–H and O–H groups in total. The van der Waals surface area contributed by atoms with Gasteiger partial charge in [-0.15, -0.1) is 0 Å². The highest BCUT2D eigenvalue weighted by atomic mass is 19.1. The minimum Gasteiger partial charge on any atom is -0.494 e. The van der Waals surface area contributed by atoms with E-state index >= 15 is 0 Å². The Hall–Kier alpha value is -2.49. The molecule has 0 heterocycles. The number of hydrogen-bond acceptors (Lipinski definition) is 2. The number of carbonyl (C=O) groups excluding carboxylic acids is 1. The number of ketones is 1. The van der Waals surface area contributed by atoms with Gasteiger partial charge in [0.2, 0.25) is 0 Å². The van der Waals surface area contributed by atoms with Gasteiger partial charge in [0.25, 0.3) is 0 Å². The van der Waals surface area contributed by atoms with E-state index in [0.29, 0.717) is 5.56 Å². The molecule has 0 radical (unpaired) electrons. The first-order valence-electron chi connectivity index (χ1n) is 6.35. The molecule has 0 spiro atoms. The van der Waals surface area contributed by atoms with Crippen LogP contribution in [0.3, 0.4) is 0 Å². The number of rotatable bonds is 5. The Morgan fingerprint density at radius 3 is 2.48 bits per heavy atom. The molecule has 0 amide bonds. The minimum atomic E-state index is -0.580. The van der Waals surface area contributed by atoms with Crippen molar-refractivity contribution in [2.24, 2.45) is 0 Å². The molecule has 4 heteroatoms. The van der Waals surface area contributed by atoms with Crippen molar-refractivity contribution in [2.75, 3.05) is 7.11 Å². The average molecular weight is 288 g/mol. The third-order valence-electron chi connectivity index (χ3n) is 3.00. The van der Waals surface area contributed by atoms with Gasteiger partial charge >= 0.3 is 0 Å². The van der Waals surface area contributed by atoms with Crippen LogP contribution in [-0.2, 0) is 6.67 Å². The summed E-state index contributed by atoms with van der Waals surface area (Å²) < 4.78 is 30.7. The molecule has 0 saturated heterocycles. The second-order valence-corrected chi connectivity index (χ2v) is 4.42. The van der Waals surface area contributed by atoms with Crippen LogP contribution < -0.4 is 4.74 Å². The zero-order valence-corrected chi connectivity index (χ0v) is 11.5. The fourth-order valence-corrected chi connectivity index (χ4v) is 1.81. The van der Waals surface area contributed by atoms with Gasteiger partial charge in [0, 0.05) is 5.56 Å². The van der Waals surface area contributed by atoms with E-state index in [-0.39, 0.29) is 17.1 Å². The van der Waals surface area contributed by atoms with Crippen LogP contribution in [-0.4, -0.2) is 12.9 Å². The molecular formula is C17H14F2O2. The van der Waals surface area contributed by atoms with E-state index in [0.717, 1.165) is 11.6 Å². The van der Waals surface area contributed by atoms with E-state index in [1.54, 1.807) is 30.3 Å². The number of benzene rings is 2. The smallest absolute Gasteiger partial charge is 0.185 e. The molecule has 0 bridgehead atoms. The van der Waals surface area contributed by atoms with Crippen molar-refractivity contribution < 1.29 is 18.3 Å². The molecule has 0 aliphatic heterocycles. The summed E-state index contributed by atoms with van der Waals surface area (Å²) in [4.78, 5) is 11.9. The third kappa shape index (κ3) is 3.75. The SMILES string of the molecule is COc1ccc(C(=O)/C=C/c2ccc(CF)cc2)cc1F. The highest BCUT2D eigenvalue weighted by molar-refractivity contribution is 6.06. The summed E-state index contributed by atoms with van der Waals surface area (Å²) in [5, 5.41) is 0. The van der Waals surface area contributed by atoms with Crippen LogP contribution in [0.15, 0.2) is 48.5 Å². The first kappa shape index (κ1) is 14.9. The summed E-state index contributed by atoms with van der Waals surface area (Å²) >= 11 is 0. The molecular weight excluding hydrogens is 274 g/mol. The van der Waals surface area contributed by atoms with Crippen molar-refractivity contribution in [2.45, 2.75) is 6.67 Å². The van der Waals surface area contributed by atoms with Crippen molar-refractivity contribution in [3.8, 4) is 5.75 Å². The van der Waals surface area contributed by atoms with Gasteiger partial charge in [-0.3, -0.25) is 4.79 Å². The number of halogens is 2. The molecule has 21 heavy (non-hydrogen) atoms.